The third kappa shape index (κ3) is 3.57. The lowest BCUT2D eigenvalue weighted by Gasteiger charge is -2.39. The van der Waals surface area contributed by atoms with E-state index in [1.54, 1.807) is 13.8 Å². The average Bonchev–Trinajstić information content (AvgIpc) is 2.55. The molecule has 2 atom stereocenters. The van der Waals surface area contributed by atoms with E-state index in [1.165, 1.54) is 6.07 Å². The lowest BCUT2D eigenvalue weighted by atomic mass is 9.67. The van der Waals surface area contributed by atoms with E-state index in [2.05, 4.69) is 4.99 Å². The Labute approximate surface area is 157 Å². The minimum absolute atomic E-state index is 0.110. The topological polar surface area (TPSA) is 55.7 Å². The summed E-state index contributed by atoms with van der Waals surface area (Å²) in [6.45, 7) is 7.57. The first-order valence-corrected chi connectivity index (χ1v) is 9.07. The largest absolute Gasteiger partial charge is 0.465 e. The molecule has 0 amide bonds. The molecular weight excluding hydrogens is 352 g/mol. The summed E-state index contributed by atoms with van der Waals surface area (Å²) in [5.74, 6) is -4.17. The fourth-order valence-electron chi connectivity index (χ4n) is 4.05. The van der Waals surface area contributed by atoms with Crippen LogP contribution in [0.2, 0.25) is 0 Å². The summed E-state index contributed by atoms with van der Waals surface area (Å²) in [6, 6.07) is 3.50. The van der Waals surface area contributed by atoms with Gasteiger partial charge in [-0.1, -0.05) is 19.9 Å². The number of esters is 1. The van der Waals surface area contributed by atoms with Gasteiger partial charge in [-0.25, -0.2) is 8.78 Å². The molecule has 0 spiro atoms. The van der Waals surface area contributed by atoms with Crippen molar-refractivity contribution in [2.75, 3.05) is 6.61 Å². The molecule has 0 saturated heterocycles. The van der Waals surface area contributed by atoms with E-state index in [9.17, 15) is 18.4 Å². The molecule has 0 aromatic heterocycles. The van der Waals surface area contributed by atoms with E-state index in [-0.39, 0.29) is 17.8 Å². The molecule has 1 aliphatic carbocycles. The van der Waals surface area contributed by atoms with Gasteiger partial charge in [0.25, 0.3) is 0 Å². The molecule has 27 heavy (non-hydrogen) atoms. The number of nitrogens with zero attached hydrogens (tertiary/aromatic N) is 1. The molecule has 0 saturated carbocycles. The molecule has 1 unspecified atom stereocenters. The molecule has 1 aromatic rings. The maximum Gasteiger partial charge on any atom is 0.315 e. The number of allylic oxidation sites excluding steroid dienone is 2. The van der Waals surface area contributed by atoms with Crippen LogP contribution in [0, 0.1) is 23.0 Å². The van der Waals surface area contributed by atoms with Gasteiger partial charge < -0.3 is 4.74 Å². The van der Waals surface area contributed by atoms with Crippen LogP contribution in [0.4, 0.5) is 8.78 Å². The number of Topliss-reactive ketones (excluding diaryl/α,β-unsaturated/α-hetero) is 1. The lowest BCUT2D eigenvalue weighted by molar-refractivity contribution is -0.146. The van der Waals surface area contributed by atoms with Crippen molar-refractivity contribution < 1.29 is 23.1 Å². The molecular formula is C21H23F2NO3. The minimum Gasteiger partial charge on any atom is -0.465 e. The van der Waals surface area contributed by atoms with Crippen molar-refractivity contribution in [1.29, 1.82) is 0 Å². The van der Waals surface area contributed by atoms with Gasteiger partial charge >= 0.3 is 5.97 Å². The first kappa shape index (κ1) is 19.4. The summed E-state index contributed by atoms with van der Waals surface area (Å²) >= 11 is 0. The maximum atomic E-state index is 13.9. The van der Waals surface area contributed by atoms with Crippen LogP contribution in [0.25, 0.3) is 0 Å². The van der Waals surface area contributed by atoms with Gasteiger partial charge in [-0.05, 0) is 43.4 Å². The van der Waals surface area contributed by atoms with Crippen molar-refractivity contribution in [1.82, 2.24) is 0 Å². The van der Waals surface area contributed by atoms with Crippen LogP contribution in [0.5, 0.6) is 0 Å². The van der Waals surface area contributed by atoms with Crippen molar-refractivity contribution in [2.45, 2.75) is 46.5 Å². The van der Waals surface area contributed by atoms with Gasteiger partial charge in [0, 0.05) is 29.3 Å². The monoisotopic (exact) mass is 375 g/mol. The summed E-state index contributed by atoms with van der Waals surface area (Å²) in [4.78, 5) is 30.2. The molecule has 0 N–H and O–H groups in total. The van der Waals surface area contributed by atoms with Crippen molar-refractivity contribution in [3.63, 3.8) is 0 Å². The fraction of sp³-hybridized carbons (Fsp3) is 0.476. The van der Waals surface area contributed by atoms with E-state index >= 15 is 0 Å². The summed E-state index contributed by atoms with van der Waals surface area (Å²) in [6.07, 6.45) is 0.900. The second kappa shape index (κ2) is 6.98. The number of ether oxygens (including phenoxy) is 1. The highest BCUT2D eigenvalue weighted by molar-refractivity contribution is 6.09. The molecule has 2 aliphatic rings. The molecule has 3 rings (SSSR count). The zero-order valence-electron chi connectivity index (χ0n) is 15.9. The standard InChI is InChI=1S/C21H23F2NO3/c1-5-27-20(26)17-11(2)24-15-9-21(3,4)10-16(25)19(15)18(17)12-6-7-13(22)14(23)8-12/h6-8,17-18H,5,9-10H2,1-4H3/t17?,18-/m1/s1. The Morgan fingerprint density at radius 2 is 1.96 bits per heavy atom. The fourth-order valence-corrected chi connectivity index (χ4v) is 4.05. The van der Waals surface area contributed by atoms with Crippen molar-refractivity contribution >= 4 is 17.5 Å². The number of rotatable bonds is 3. The van der Waals surface area contributed by atoms with Gasteiger partial charge in [0.2, 0.25) is 0 Å². The van der Waals surface area contributed by atoms with Crippen LogP contribution in [0.3, 0.4) is 0 Å². The van der Waals surface area contributed by atoms with Crippen LogP contribution >= 0.6 is 0 Å². The summed E-state index contributed by atoms with van der Waals surface area (Å²) in [5.41, 5.74) is 1.71. The Kier molecular flexibility index (Phi) is 5.02. The number of hydrogen-bond donors (Lipinski definition) is 0. The summed E-state index contributed by atoms with van der Waals surface area (Å²) in [7, 11) is 0. The lowest BCUT2D eigenvalue weighted by Crippen LogP contribution is -2.39. The quantitative estimate of drug-likeness (QED) is 0.738. The van der Waals surface area contributed by atoms with Crippen LogP contribution in [-0.4, -0.2) is 24.1 Å². The highest BCUT2D eigenvalue weighted by Gasteiger charge is 2.46. The predicted molar refractivity (Wildman–Crippen MR) is 97.4 cm³/mol. The number of hydrogen-bond acceptors (Lipinski definition) is 4. The van der Waals surface area contributed by atoms with Gasteiger partial charge in [-0.2, -0.15) is 0 Å². The predicted octanol–water partition coefficient (Wildman–Crippen LogP) is 4.35. The molecule has 1 aliphatic heterocycles. The van der Waals surface area contributed by atoms with E-state index in [4.69, 9.17) is 4.74 Å². The highest BCUT2D eigenvalue weighted by atomic mass is 19.2. The third-order valence-corrected chi connectivity index (χ3v) is 5.15. The molecule has 4 nitrogen and oxygen atoms in total. The number of aliphatic imine (C=N–C) groups is 1. The van der Waals surface area contributed by atoms with Crippen molar-refractivity contribution in [3.05, 3.63) is 46.7 Å². The maximum absolute atomic E-state index is 13.9. The minimum atomic E-state index is -1.01. The van der Waals surface area contributed by atoms with Crippen molar-refractivity contribution in [2.24, 2.45) is 16.3 Å². The third-order valence-electron chi connectivity index (χ3n) is 5.15. The number of carbonyl (C=O) groups is 2. The van der Waals surface area contributed by atoms with Crippen molar-refractivity contribution in [3.8, 4) is 0 Å². The summed E-state index contributed by atoms with van der Waals surface area (Å²) in [5, 5.41) is 0. The van der Waals surface area contributed by atoms with Gasteiger partial charge in [-0.3, -0.25) is 14.6 Å². The normalized spacial score (nSPS) is 24.4. The smallest absolute Gasteiger partial charge is 0.315 e. The molecule has 0 fully saturated rings. The van der Waals surface area contributed by atoms with E-state index in [0.717, 1.165) is 12.1 Å². The summed E-state index contributed by atoms with van der Waals surface area (Å²) < 4.78 is 32.6. The van der Waals surface area contributed by atoms with Crippen LogP contribution in [0.15, 0.2) is 34.5 Å². The molecule has 0 bridgehead atoms. The molecule has 6 heteroatoms. The average molecular weight is 375 g/mol. The number of carbonyl (C=O) groups excluding carboxylic acids is 2. The van der Waals surface area contributed by atoms with Crippen LogP contribution < -0.4 is 0 Å². The zero-order valence-corrected chi connectivity index (χ0v) is 15.9. The Morgan fingerprint density at radius 1 is 1.26 bits per heavy atom. The van der Waals surface area contributed by atoms with Gasteiger partial charge in [-0.15, -0.1) is 0 Å². The Morgan fingerprint density at radius 3 is 2.59 bits per heavy atom. The first-order chi connectivity index (χ1) is 12.6. The van der Waals surface area contributed by atoms with E-state index in [1.807, 2.05) is 13.8 Å². The van der Waals surface area contributed by atoms with Gasteiger partial charge in [0.15, 0.2) is 17.4 Å². The van der Waals surface area contributed by atoms with E-state index < -0.39 is 29.4 Å². The Balaban J connectivity index is 2.19. The number of benzene rings is 1. The SMILES string of the molecule is CCOC(=O)C1C(C)=NC2=C(C(=O)CC(C)(C)C2)[C@@H]1c1ccc(F)c(F)c1. The van der Waals surface area contributed by atoms with Gasteiger partial charge in [0.1, 0.15) is 5.92 Å². The van der Waals surface area contributed by atoms with Gasteiger partial charge in [0.05, 0.1) is 6.61 Å². The second-order valence-corrected chi connectivity index (χ2v) is 7.94. The first-order valence-electron chi connectivity index (χ1n) is 9.07. The number of ketones is 1. The van der Waals surface area contributed by atoms with E-state index in [0.29, 0.717) is 35.4 Å². The van der Waals surface area contributed by atoms with Crippen LogP contribution in [0.1, 0.15) is 52.0 Å². The molecule has 1 heterocycles. The molecule has 144 valence electrons. The molecule has 1 aromatic carbocycles. The van der Waals surface area contributed by atoms with Crippen LogP contribution in [-0.2, 0) is 14.3 Å². The Hall–Kier alpha value is -2.37. The molecule has 0 radical (unpaired) electrons. The second-order valence-electron chi connectivity index (χ2n) is 7.94. The highest BCUT2D eigenvalue weighted by Crippen LogP contribution is 2.48. The Bertz CT molecular complexity index is 870. The number of halogens is 2. The zero-order chi connectivity index (χ0) is 19.9.